The molecule has 7 rings (SSSR count). The molecule has 3 atom stereocenters. The van der Waals surface area contributed by atoms with Gasteiger partial charge in [0.05, 0.1) is 0 Å². The molecule has 6 aromatic carbocycles. The number of rotatable bonds is 21. The lowest BCUT2D eigenvalue weighted by molar-refractivity contribution is -0.155. The van der Waals surface area contributed by atoms with Gasteiger partial charge in [0, 0.05) is 18.8 Å². The van der Waals surface area contributed by atoms with E-state index in [9.17, 15) is 28.8 Å². The van der Waals surface area contributed by atoms with Crippen LogP contribution in [0.3, 0.4) is 0 Å². The molecule has 0 fully saturated rings. The van der Waals surface area contributed by atoms with Crippen molar-refractivity contribution >= 4 is 35.8 Å². The second-order valence-corrected chi connectivity index (χ2v) is 19.5. The average Bonchev–Trinajstić information content (AvgIpc) is 3.71. The SMILES string of the molecule is CC(C)[C@@H](NC(=O)[C@@H](CCC(=O)NC(c1ccccc1)(c1ccccc1)c1ccccc1)NC(=O)[C@@H](CCC(=O)OC(C)(C)C)NC(=O)OCC1c2ccccc2-c2ccccc21)C(=O)OCc1ccccc1. The second kappa shape index (κ2) is 24.4. The summed E-state index contributed by atoms with van der Waals surface area (Å²) >= 11 is 0. The number of alkyl carbamates (subject to hydrolysis) is 1. The van der Waals surface area contributed by atoms with Gasteiger partial charge in [-0.3, -0.25) is 19.2 Å². The summed E-state index contributed by atoms with van der Waals surface area (Å²) in [4.78, 5) is 84.3. The normalized spacial score (nSPS) is 13.3. The lowest BCUT2D eigenvalue weighted by atomic mass is 9.77. The van der Waals surface area contributed by atoms with Crippen molar-refractivity contribution in [1.29, 1.82) is 0 Å². The summed E-state index contributed by atoms with van der Waals surface area (Å²) in [6.45, 7) is 8.56. The first-order chi connectivity index (χ1) is 35.1. The minimum absolute atomic E-state index is 0.0358. The van der Waals surface area contributed by atoms with Gasteiger partial charge in [0.1, 0.15) is 42.5 Å². The van der Waals surface area contributed by atoms with E-state index in [0.717, 1.165) is 44.5 Å². The van der Waals surface area contributed by atoms with Crippen molar-refractivity contribution in [3.8, 4) is 11.1 Å². The number of ether oxygens (including phenoxy) is 3. The first-order valence-electron chi connectivity index (χ1n) is 24.7. The van der Waals surface area contributed by atoms with Crippen LogP contribution in [0.1, 0.15) is 99.6 Å². The summed E-state index contributed by atoms with van der Waals surface area (Å²) in [7, 11) is 0. The van der Waals surface area contributed by atoms with E-state index in [-0.39, 0.29) is 44.8 Å². The van der Waals surface area contributed by atoms with Crippen LogP contribution in [0, 0.1) is 5.92 Å². The van der Waals surface area contributed by atoms with Crippen LogP contribution in [-0.2, 0) is 50.3 Å². The molecule has 4 N–H and O–H groups in total. The largest absolute Gasteiger partial charge is 0.460 e. The molecule has 4 amide bonds. The molecule has 1 aliphatic carbocycles. The Labute approximate surface area is 427 Å². The summed E-state index contributed by atoms with van der Waals surface area (Å²) < 4.78 is 17.0. The van der Waals surface area contributed by atoms with Gasteiger partial charge in [-0.15, -0.1) is 0 Å². The third-order valence-corrected chi connectivity index (χ3v) is 12.7. The molecule has 1 aliphatic rings. The van der Waals surface area contributed by atoms with E-state index in [2.05, 4.69) is 21.3 Å². The third kappa shape index (κ3) is 13.7. The Kier molecular flexibility index (Phi) is 17.6. The maximum Gasteiger partial charge on any atom is 0.407 e. The zero-order valence-electron chi connectivity index (χ0n) is 42.0. The molecule has 0 aromatic heterocycles. The number of hydrogen-bond donors (Lipinski definition) is 4. The van der Waals surface area contributed by atoms with Crippen LogP contribution in [0.15, 0.2) is 170 Å². The van der Waals surface area contributed by atoms with Gasteiger partial charge in [-0.2, -0.15) is 0 Å². The summed E-state index contributed by atoms with van der Waals surface area (Å²) in [5, 5.41) is 11.5. The fourth-order valence-electron chi connectivity index (χ4n) is 9.15. The van der Waals surface area contributed by atoms with Crippen LogP contribution >= 0.6 is 0 Å². The van der Waals surface area contributed by atoms with Crippen LogP contribution in [0.25, 0.3) is 11.1 Å². The molecule has 6 aromatic rings. The molecule has 0 saturated heterocycles. The maximum absolute atomic E-state index is 14.6. The van der Waals surface area contributed by atoms with Crippen molar-refractivity contribution < 1.29 is 43.0 Å². The summed E-state index contributed by atoms with van der Waals surface area (Å²) in [6.07, 6.45) is -1.95. The number of nitrogens with one attached hydrogen (secondary N) is 4. The maximum atomic E-state index is 14.6. The molecule has 0 heterocycles. The van der Waals surface area contributed by atoms with Crippen molar-refractivity contribution in [2.45, 2.75) is 102 Å². The Morgan fingerprint density at radius 3 is 1.49 bits per heavy atom. The minimum Gasteiger partial charge on any atom is -0.460 e. The van der Waals surface area contributed by atoms with E-state index in [1.165, 1.54) is 0 Å². The van der Waals surface area contributed by atoms with E-state index in [4.69, 9.17) is 14.2 Å². The van der Waals surface area contributed by atoms with Gasteiger partial charge in [0.2, 0.25) is 17.7 Å². The number of hydrogen-bond acceptors (Lipinski definition) is 9. The number of carbonyl (C=O) groups is 6. The first kappa shape index (κ1) is 52.8. The molecule has 0 spiro atoms. The highest BCUT2D eigenvalue weighted by Gasteiger charge is 2.39. The van der Waals surface area contributed by atoms with Crippen molar-refractivity contribution in [1.82, 2.24) is 21.3 Å². The standard InChI is InChI=1S/C60H64N4O9/c1-40(2)54(57(69)71-38-41-22-10-6-11-23-41)63-56(68)50(34-36-52(65)64-60(42-24-12-7-13-25-42,43-26-14-8-15-27-43)44-28-16-9-17-29-44)61-55(67)51(35-37-53(66)73-59(3,4)5)62-58(70)72-39-49-47-32-20-18-30-45(47)46-31-19-21-33-48(46)49/h6-33,40,49-51,54H,34-39H2,1-5H3,(H,61,67)(H,62,70)(H,63,68)(H,64,65)/t50-,51-,54-/m1/s1. The van der Waals surface area contributed by atoms with E-state index in [1.807, 2.05) is 170 Å². The smallest absolute Gasteiger partial charge is 0.407 e. The van der Waals surface area contributed by atoms with Gasteiger partial charge in [-0.25, -0.2) is 9.59 Å². The van der Waals surface area contributed by atoms with Crippen LogP contribution in [-0.4, -0.2) is 66.1 Å². The Bertz CT molecular complexity index is 2690. The highest BCUT2D eigenvalue weighted by molar-refractivity contribution is 5.94. The van der Waals surface area contributed by atoms with Gasteiger partial charge in [0.15, 0.2) is 0 Å². The molecule has 0 unspecified atom stereocenters. The molecule has 13 heteroatoms. The van der Waals surface area contributed by atoms with Crippen LogP contribution in [0.2, 0.25) is 0 Å². The van der Waals surface area contributed by atoms with Crippen molar-refractivity contribution in [2.24, 2.45) is 5.92 Å². The second-order valence-electron chi connectivity index (χ2n) is 19.5. The summed E-state index contributed by atoms with van der Waals surface area (Å²) in [6, 6.07) is 49.5. The highest BCUT2D eigenvalue weighted by Crippen LogP contribution is 2.44. The fraction of sp³-hybridized carbons (Fsp3) is 0.300. The van der Waals surface area contributed by atoms with Crippen LogP contribution < -0.4 is 21.3 Å². The molecule has 0 radical (unpaired) electrons. The van der Waals surface area contributed by atoms with E-state index in [1.54, 1.807) is 34.6 Å². The Morgan fingerprint density at radius 1 is 0.534 bits per heavy atom. The average molecular weight is 985 g/mol. The topological polar surface area (TPSA) is 178 Å². The summed E-state index contributed by atoms with van der Waals surface area (Å²) in [5.74, 6) is -4.10. The molecule has 0 bridgehead atoms. The van der Waals surface area contributed by atoms with E-state index < -0.39 is 70.9 Å². The zero-order valence-corrected chi connectivity index (χ0v) is 42.0. The quantitative estimate of drug-likeness (QED) is 0.0311. The first-order valence-corrected chi connectivity index (χ1v) is 24.7. The predicted octanol–water partition coefficient (Wildman–Crippen LogP) is 9.27. The number of carbonyl (C=O) groups excluding carboxylic acids is 6. The van der Waals surface area contributed by atoms with Gasteiger partial charge in [-0.05, 0) is 84.0 Å². The van der Waals surface area contributed by atoms with E-state index >= 15 is 0 Å². The highest BCUT2D eigenvalue weighted by atomic mass is 16.6. The predicted molar refractivity (Wildman–Crippen MR) is 279 cm³/mol. The molecule has 0 saturated carbocycles. The zero-order chi connectivity index (χ0) is 52.0. The number of amides is 4. The van der Waals surface area contributed by atoms with Crippen molar-refractivity contribution in [3.63, 3.8) is 0 Å². The monoisotopic (exact) mass is 984 g/mol. The Hall–Kier alpha value is -8.06. The molecular weight excluding hydrogens is 921 g/mol. The number of benzene rings is 6. The van der Waals surface area contributed by atoms with E-state index in [0.29, 0.717) is 0 Å². The molecule has 13 nitrogen and oxygen atoms in total. The molecular formula is C60H64N4O9. The van der Waals surface area contributed by atoms with Crippen LogP contribution in [0.5, 0.6) is 0 Å². The van der Waals surface area contributed by atoms with Gasteiger partial charge >= 0.3 is 18.0 Å². The van der Waals surface area contributed by atoms with Crippen molar-refractivity contribution in [3.05, 3.63) is 203 Å². The van der Waals surface area contributed by atoms with Crippen LogP contribution in [0.4, 0.5) is 4.79 Å². The lowest BCUT2D eigenvalue weighted by Crippen LogP contribution is -2.57. The van der Waals surface area contributed by atoms with Gasteiger partial charge in [0.25, 0.3) is 0 Å². The summed E-state index contributed by atoms with van der Waals surface area (Å²) in [5.41, 5.74) is 5.15. The molecule has 73 heavy (non-hydrogen) atoms. The Balaban J connectivity index is 1.15. The fourth-order valence-corrected chi connectivity index (χ4v) is 9.15. The number of esters is 2. The Morgan fingerprint density at radius 2 is 0.986 bits per heavy atom. The number of fused-ring (bicyclic) bond motifs is 3. The third-order valence-electron chi connectivity index (χ3n) is 12.7. The minimum atomic E-state index is -1.44. The van der Waals surface area contributed by atoms with Gasteiger partial charge < -0.3 is 35.5 Å². The van der Waals surface area contributed by atoms with Gasteiger partial charge in [-0.1, -0.05) is 184 Å². The van der Waals surface area contributed by atoms with Crippen molar-refractivity contribution in [2.75, 3.05) is 6.61 Å². The molecule has 378 valence electrons. The molecule has 0 aliphatic heterocycles. The lowest BCUT2D eigenvalue weighted by Gasteiger charge is -2.37.